The van der Waals surface area contributed by atoms with Crippen LogP contribution in [0.2, 0.25) is 0 Å². The number of fused-ring (bicyclic) bond motifs is 1. The Kier molecular flexibility index (Phi) is 4.04. The average molecular weight is 327 g/mol. The minimum Gasteiger partial charge on any atom is -0.312 e. The van der Waals surface area contributed by atoms with Crippen LogP contribution < -0.4 is 0 Å². The highest BCUT2D eigenvalue weighted by molar-refractivity contribution is 6.04. The normalized spacial score (nSPS) is 27.0. The molecule has 0 radical (unpaired) electrons. The van der Waals surface area contributed by atoms with E-state index in [1.54, 1.807) is 9.80 Å². The standard InChI is InChI=1S/C19H25N3O2/c1-14(15-6-3-2-4-7-15)20-12-9-16(10-13-20)22-18(23)17-8-5-11-21(17)19(22)24/h2-4,6-7,14,16-17H,5,8-13H2,1H3. The molecule has 3 fully saturated rings. The number of imide groups is 1. The first-order valence-electron chi connectivity index (χ1n) is 9.09. The molecule has 1 aromatic carbocycles. The molecule has 3 amide bonds. The number of rotatable bonds is 3. The van der Waals surface area contributed by atoms with Crippen molar-refractivity contribution >= 4 is 11.9 Å². The first kappa shape index (κ1) is 15.6. The fraction of sp³-hybridized carbons (Fsp3) is 0.579. The van der Waals surface area contributed by atoms with Gasteiger partial charge in [0.25, 0.3) is 5.91 Å². The van der Waals surface area contributed by atoms with E-state index in [1.807, 2.05) is 6.07 Å². The van der Waals surface area contributed by atoms with Gasteiger partial charge in [0.05, 0.1) is 0 Å². The number of amides is 3. The van der Waals surface area contributed by atoms with E-state index in [0.717, 1.165) is 45.3 Å². The molecule has 1 aromatic rings. The Labute approximate surface area is 143 Å². The number of carbonyl (C=O) groups excluding carboxylic acids is 2. The van der Waals surface area contributed by atoms with E-state index >= 15 is 0 Å². The fourth-order valence-corrected chi connectivity index (χ4v) is 4.46. The van der Waals surface area contributed by atoms with E-state index in [4.69, 9.17) is 0 Å². The van der Waals surface area contributed by atoms with Crippen LogP contribution >= 0.6 is 0 Å². The predicted molar refractivity (Wildman–Crippen MR) is 91.4 cm³/mol. The van der Waals surface area contributed by atoms with E-state index in [-0.39, 0.29) is 24.0 Å². The van der Waals surface area contributed by atoms with E-state index < -0.39 is 0 Å². The predicted octanol–water partition coefficient (Wildman–Crippen LogP) is 2.64. The van der Waals surface area contributed by atoms with Crippen molar-refractivity contribution in [3.63, 3.8) is 0 Å². The SMILES string of the molecule is CC(c1ccccc1)N1CCC(N2C(=O)C3CCCN3C2=O)CC1. The molecule has 3 aliphatic heterocycles. The Bertz CT molecular complexity index is 603. The van der Waals surface area contributed by atoms with Gasteiger partial charge >= 0.3 is 6.03 Å². The summed E-state index contributed by atoms with van der Waals surface area (Å²) in [5.41, 5.74) is 1.32. The summed E-state index contributed by atoms with van der Waals surface area (Å²) in [7, 11) is 0. The van der Waals surface area contributed by atoms with Crippen molar-refractivity contribution in [3.8, 4) is 0 Å². The van der Waals surface area contributed by atoms with Gasteiger partial charge in [0.15, 0.2) is 0 Å². The molecule has 3 aliphatic rings. The highest BCUT2D eigenvalue weighted by Crippen LogP contribution is 2.32. The van der Waals surface area contributed by atoms with Crippen molar-refractivity contribution in [2.24, 2.45) is 0 Å². The van der Waals surface area contributed by atoms with Gasteiger partial charge in [-0.3, -0.25) is 14.6 Å². The lowest BCUT2D eigenvalue weighted by atomic mass is 9.99. The van der Waals surface area contributed by atoms with E-state index in [0.29, 0.717) is 6.04 Å². The Morgan fingerprint density at radius 1 is 1.00 bits per heavy atom. The molecule has 2 unspecified atom stereocenters. The molecule has 128 valence electrons. The van der Waals surface area contributed by atoms with Gasteiger partial charge in [0.1, 0.15) is 6.04 Å². The minimum atomic E-state index is -0.168. The lowest BCUT2D eigenvalue weighted by Crippen LogP contribution is -2.48. The van der Waals surface area contributed by atoms with Gasteiger partial charge in [0.2, 0.25) is 0 Å². The third-order valence-electron chi connectivity index (χ3n) is 5.92. The third-order valence-corrected chi connectivity index (χ3v) is 5.92. The van der Waals surface area contributed by atoms with E-state index in [2.05, 4.69) is 36.1 Å². The second-order valence-corrected chi connectivity index (χ2v) is 7.20. The highest BCUT2D eigenvalue weighted by atomic mass is 16.2. The molecule has 0 spiro atoms. The van der Waals surface area contributed by atoms with E-state index in [1.165, 1.54) is 5.56 Å². The molecule has 5 nitrogen and oxygen atoms in total. The zero-order chi connectivity index (χ0) is 16.7. The number of piperidine rings is 1. The molecule has 0 aromatic heterocycles. The summed E-state index contributed by atoms with van der Waals surface area (Å²) < 4.78 is 0. The highest BCUT2D eigenvalue weighted by Gasteiger charge is 2.50. The van der Waals surface area contributed by atoms with Gasteiger partial charge in [-0.05, 0) is 38.2 Å². The van der Waals surface area contributed by atoms with Gasteiger partial charge in [-0.15, -0.1) is 0 Å². The van der Waals surface area contributed by atoms with Gasteiger partial charge in [0, 0.05) is 31.7 Å². The Morgan fingerprint density at radius 3 is 2.38 bits per heavy atom. The summed E-state index contributed by atoms with van der Waals surface area (Å²) in [6.07, 6.45) is 3.57. The maximum atomic E-state index is 12.6. The average Bonchev–Trinajstić information content (AvgIpc) is 3.20. The maximum absolute atomic E-state index is 12.6. The zero-order valence-electron chi connectivity index (χ0n) is 14.2. The quantitative estimate of drug-likeness (QED) is 0.802. The summed E-state index contributed by atoms with van der Waals surface area (Å²) in [5.74, 6) is 0.0482. The van der Waals surface area contributed by atoms with Crippen molar-refractivity contribution in [2.75, 3.05) is 19.6 Å². The van der Waals surface area contributed by atoms with Gasteiger partial charge in [-0.25, -0.2) is 4.79 Å². The third kappa shape index (κ3) is 2.51. The number of hydrogen-bond acceptors (Lipinski definition) is 3. The van der Waals surface area contributed by atoms with E-state index in [9.17, 15) is 9.59 Å². The van der Waals surface area contributed by atoms with Crippen LogP contribution in [0.5, 0.6) is 0 Å². The molecule has 4 rings (SSSR count). The molecule has 3 saturated heterocycles. The Balaban J connectivity index is 1.40. The molecule has 3 heterocycles. The number of carbonyl (C=O) groups is 2. The fourth-order valence-electron chi connectivity index (χ4n) is 4.46. The summed E-state index contributed by atoms with van der Waals surface area (Å²) in [6.45, 7) is 4.85. The molecule has 0 saturated carbocycles. The van der Waals surface area contributed by atoms with Crippen LogP contribution in [0.3, 0.4) is 0 Å². The van der Waals surface area contributed by atoms with Crippen LogP contribution in [0.4, 0.5) is 4.79 Å². The van der Waals surface area contributed by atoms with Crippen molar-refractivity contribution in [3.05, 3.63) is 35.9 Å². The second-order valence-electron chi connectivity index (χ2n) is 7.20. The van der Waals surface area contributed by atoms with Crippen molar-refractivity contribution in [2.45, 2.75) is 50.7 Å². The smallest absolute Gasteiger partial charge is 0.312 e. The topological polar surface area (TPSA) is 43.9 Å². The molecule has 0 aliphatic carbocycles. The number of nitrogens with zero attached hydrogens (tertiary/aromatic N) is 3. The van der Waals surface area contributed by atoms with Crippen molar-refractivity contribution in [1.29, 1.82) is 0 Å². The number of likely N-dealkylation sites (tertiary alicyclic amines) is 1. The summed E-state index contributed by atoms with van der Waals surface area (Å²) >= 11 is 0. The number of urea groups is 1. The van der Waals surface area contributed by atoms with Gasteiger partial charge in [-0.1, -0.05) is 30.3 Å². The van der Waals surface area contributed by atoms with Gasteiger partial charge < -0.3 is 4.90 Å². The van der Waals surface area contributed by atoms with Crippen LogP contribution in [0, 0.1) is 0 Å². The molecular formula is C19H25N3O2. The van der Waals surface area contributed by atoms with Crippen LogP contribution in [0.1, 0.15) is 44.2 Å². The largest absolute Gasteiger partial charge is 0.327 e. The Hall–Kier alpha value is -1.88. The molecular weight excluding hydrogens is 302 g/mol. The first-order chi connectivity index (χ1) is 11.7. The lowest BCUT2D eigenvalue weighted by Gasteiger charge is -2.38. The van der Waals surface area contributed by atoms with Crippen LogP contribution in [-0.4, -0.2) is 58.4 Å². The zero-order valence-corrected chi connectivity index (χ0v) is 14.2. The monoisotopic (exact) mass is 327 g/mol. The molecule has 2 atom stereocenters. The number of hydrogen-bond donors (Lipinski definition) is 0. The van der Waals surface area contributed by atoms with Crippen LogP contribution in [0.25, 0.3) is 0 Å². The second kappa shape index (κ2) is 6.20. The van der Waals surface area contributed by atoms with Crippen LogP contribution in [-0.2, 0) is 4.79 Å². The molecule has 5 heteroatoms. The van der Waals surface area contributed by atoms with Crippen molar-refractivity contribution in [1.82, 2.24) is 14.7 Å². The maximum Gasteiger partial charge on any atom is 0.327 e. The first-order valence-corrected chi connectivity index (χ1v) is 9.09. The molecule has 0 bridgehead atoms. The van der Waals surface area contributed by atoms with Crippen molar-refractivity contribution < 1.29 is 9.59 Å². The van der Waals surface area contributed by atoms with Gasteiger partial charge in [-0.2, -0.15) is 0 Å². The summed E-state index contributed by atoms with van der Waals surface area (Å²) in [6, 6.07) is 10.8. The number of benzene rings is 1. The molecule has 24 heavy (non-hydrogen) atoms. The summed E-state index contributed by atoms with van der Waals surface area (Å²) in [4.78, 5) is 30.9. The summed E-state index contributed by atoms with van der Waals surface area (Å²) in [5, 5.41) is 0. The lowest BCUT2D eigenvalue weighted by molar-refractivity contribution is -0.130. The van der Waals surface area contributed by atoms with Crippen LogP contribution in [0.15, 0.2) is 30.3 Å². The Morgan fingerprint density at radius 2 is 1.71 bits per heavy atom. The molecule has 0 N–H and O–H groups in total. The minimum absolute atomic E-state index is 0.0444.